The first kappa shape index (κ1) is 17.1. The molecule has 1 aromatic carbocycles. The zero-order chi connectivity index (χ0) is 17.9. The SMILES string of the molecule is Cc1ccc([C@@H]([NH2+][C@H](C)c2nnc(-c3cccs3)o2)c2cccs2)cc1. The van der Waals surface area contributed by atoms with Crippen LogP contribution < -0.4 is 5.32 Å². The van der Waals surface area contributed by atoms with Crippen molar-refractivity contribution in [3.8, 4) is 10.8 Å². The topological polar surface area (TPSA) is 55.5 Å². The standard InChI is InChI=1S/C20H19N3OS2/c1-13-7-9-15(10-8-13)18(16-5-3-11-25-16)21-14(2)19-22-23-20(24-19)17-6-4-12-26-17/h3-12,14,18,21H,1-2H3/p+1/t14-,18-/m1/s1. The van der Waals surface area contributed by atoms with Crippen LogP contribution in [-0.2, 0) is 0 Å². The summed E-state index contributed by atoms with van der Waals surface area (Å²) in [4.78, 5) is 2.32. The van der Waals surface area contributed by atoms with Crippen LogP contribution in [0.4, 0.5) is 0 Å². The molecule has 3 heterocycles. The van der Waals surface area contributed by atoms with Gasteiger partial charge in [-0.05, 0) is 36.7 Å². The molecule has 0 unspecified atom stereocenters. The summed E-state index contributed by atoms with van der Waals surface area (Å²) in [6, 6.07) is 17.3. The van der Waals surface area contributed by atoms with Crippen molar-refractivity contribution in [2.45, 2.75) is 25.9 Å². The van der Waals surface area contributed by atoms with E-state index in [1.54, 1.807) is 22.7 Å². The van der Waals surface area contributed by atoms with E-state index in [2.05, 4.69) is 71.1 Å². The monoisotopic (exact) mass is 382 g/mol. The number of rotatable bonds is 6. The van der Waals surface area contributed by atoms with Crippen LogP contribution in [0.15, 0.2) is 63.7 Å². The molecule has 0 radical (unpaired) electrons. The van der Waals surface area contributed by atoms with Gasteiger partial charge in [-0.2, -0.15) is 0 Å². The molecule has 132 valence electrons. The lowest BCUT2D eigenvalue weighted by molar-refractivity contribution is -0.725. The van der Waals surface area contributed by atoms with Crippen LogP contribution in [0.25, 0.3) is 10.8 Å². The number of hydrogen-bond donors (Lipinski definition) is 1. The van der Waals surface area contributed by atoms with Gasteiger partial charge in [0.25, 0.3) is 11.8 Å². The van der Waals surface area contributed by atoms with Crippen molar-refractivity contribution in [2.75, 3.05) is 0 Å². The number of aryl methyl sites for hydroxylation is 1. The summed E-state index contributed by atoms with van der Waals surface area (Å²) in [5.74, 6) is 1.25. The number of hydrogen-bond acceptors (Lipinski definition) is 5. The molecule has 4 aromatic rings. The fourth-order valence-electron chi connectivity index (χ4n) is 2.90. The molecule has 0 bridgehead atoms. The molecule has 3 aromatic heterocycles. The third-order valence-electron chi connectivity index (χ3n) is 4.33. The molecule has 4 nitrogen and oxygen atoms in total. The van der Waals surface area contributed by atoms with Gasteiger partial charge in [-0.1, -0.05) is 42.0 Å². The van der Waals surface area contributed by atoms with E-state index in [-0.39, 0.29) is 12.1 Å². The van der Waals surface area contributed by atoms with E-state index in [1.165, 1.54) is 16.0 Å². The molecule has 0 fully saturated rings. The first-order chi connectivity index (χ1) is 12.7. The van der Waals surface area contributed by atoms with Gasteiger partial charge < -0.3 is 9.73 Å². The van der Waals surface area contributed by atoms with Gasteiger partial charge in [0.2, 0.25) is 0 Å². The van der Waals surface area contributed by atoms with Gasteiger partial charge in [-0.25, -0.2) is 0 Å². The molecule has 6 heteroatoms. The minimum Gasteiger partial charge on any atom is -0.414 e. The van der Waals surface area contributed by atoms with Crippen LogP contribution >= 0.6 is 22.7 Å². The number of thiophene rings is 2. The van der Waals surface area contributed by atoms with Crippen molar-refractivity contribution in [3.63, 3.8) is 0 Å². The molecule has 0 saturated heterocycles. The second-order valence-corrected chi connectivity index (χ2v) is 8.23. The maximum Gasteiger partial charge on any atom is 0.274 e. The lowest BCUT2D eigenvalue weighted by atomic mass is 10.0. The summed E-state index contributed by atoms with van der Waals surface area (Å²) >= 11 is 3.38. The van der Waals surface area contributed by atoms with Gasteiger partial charge in [0.15, 0.2) is 6.04 Å². The Labute approximate surface area is 160 Å². The van der Waals surface area contributed by atoms with E-state index in [0.717, 1.165) is 4.88 Å². The molecule has 4 rings (SSSR count). The van der Waals surface area contributed by atoms with Gasteiger partial charge in [0.05, 0.1) is 9.75 Å². The van der Waals surface area contributed by atoms with Crippen molar-refractivity contribution < 1.29 is 9.73 Å². The Morgan fingerprint density at radius 3 is 2.42 bits per heavy atom. The minimum atomic E-state index is 0.0598. The summed E-state index contributed by atoms with van der Waals surface area (Å²) < 4.78 is 5.92. The Morgan fingerprint density at radius 2 is 1.73 bits per heavy atom. The Balaban J connectivity index is 1.58. The number of nitrogens with two attached hydrogens (primary N) is 1. The van der Waals surface area contributed by atoms with E-state index >= 15 is 0 Å². The largest absolute Gasteiger partial charge is 0.414 e. The highest BCUT2D eigenvalue weighted by Gasteiger charge is 2.26. The second-order valence-electron chi connectivity index (χ2n) is 6.31. The Hall–Kier alpha value is -2.28. The van der Waals surface area contributed by atoms with Crippen molar-refractivity contribution in [1.82, 2.24) is 10.2 Å². The van der Waals surface area contributed by atoms with Crippen LogP contribution in [0.5, 0.6) is 0 Å². The lowest BCUT2D eigenvalue weighted by Crippen LogP contribution is -2.85. The summed E-state index contributed by atoms with van der Waals surface area (Å²) in [6.45, 7) is 4.22. The summed E-state index contributed by atoms with van der Waals surface area (Å²) in [7, 11) is 0. The zero-order valence-electron chi connectivity index (χ0n) is 14.6. The summed E-state index contributed by atoms with van der Waals surface area (Å²) in [5.41, 5.74) is 2.55. The molecular weight excluding hydrogens is 362 g/mol. The van der Waals surface area contributed by atoms with E-state index in [1.807, 2.05) is 17.5 Å². The van der Waals surface area contributed by atoms with Crippen molar-refractivity contribution in [3.05, 3.63) is 81.2 Å². The van der Waals surface area contributed by atoms with E-state index in [9.17, 15) is 0 Å². The average molecular weight is 383 g/mol. The predicted octanol–water partition coefficient (Wildman–Crippen LogP) is 4.58. The van der Waals surface area contributed by atoms with Crippen molar-refractivity contribution in [2.24, 2.45) is 0 Å². The molecule has 0 amide bonds. The number of aromatic nitrogens is 2. The van der Waals surface area contributed by atoms with Crippen molar-refractivity contribution in [1.29, 1.82) is 0 Å². The van der Waals surface area contributed by atoms with Crippen LogP contribution in [-0.4, -0.2) is 10.2 Å². The van der Waals surface area contributed by atoms with Crippen molar-refractivity contribution >= 4 is 22.7 Å². The molecular formula is C20H20N3OS2+. The van der Waals surface area contributed by atoms with E-state index < -0.39 is 0 Å². The van der Waals surface area contributed by atoms with Crippen LogP contribution in [0.1, 0.15) is 40.9 Å². The van der Waals surface area contributed by atoms with Gasteiger partial charge in [0.1, 0.15) is 6.04 Å². The van der Waals surface area contributed by atoms with E-state index in [4.69, 9.17) is 4.42 Å². The molecule has 0 aliphatic carbocycles. The molecule has 0 saturated carbocycles. The van der Waals surface area contributed by atoms with Gasteiger partial charge in [0, 0.05) is 5.56 Å². The Morgan fingerprint density at radius 1 is 0.962 bits per heavy atom. The molecule has 2 N–H and O–H groups in total. The molecule has 0 aliphatic heterocycles. The molecule has 0 aliphatic rings. The quantitative estimate of drug-likeness (QED) is 0.531. The van der Waals surface area contributed by atoms with Crippen LogP contribution in [0.2, 0.25) is 0 Å². The summed E-state index contributed by atoms with van der Waals surface area (Å²) in [5, 5.41) is 14.9. The number of quaternary nitrogens is 1. The predicted molar refractivity (Wildman–Crippen MR) is 105 cm³/mol. The van der Waals surface area contributed by atoms with Crippen LogP contribution in [0, 0.1) is 6.92 Å². The third kappa shape index (κ3) is 3.62. The average Bonchev–Trinajstić information content (AvgIpc) is 3.42. The highest BCUT2D eigenvalue weighted by molar-refractivity contribution is 7.13. The second kappa shape index (κ2) is 7.53. The minimum absolute atomic E-state index is 0.0598. The first-order valence-corrected chi connectivity index (χ1v) is 10.3. The van der Waals surface area contributed by atoms with Gasteiger partial charge in [-0.3, -0.25) is 0 Å². The van der Waals surface area contributed by atoms with E-state index in [0.29, 0.717) is 11.8 Å². The number of benzene rings is 1. The molecule has 0 spiro atoms. The lowest BCUT2D eigenvalue weighted by Gasteiger charge is -2.18. The van der Waals surface area contributed by atoms with Crippen LogP contribution in [0.3, 0.4) is 0 Å². The van der Waals surface area contributed by atoms with Gasteiger partial charge in [-0.15, -0.1) is 32.9 Å². The smallest absolute Gasteiger partial charge is 0.274 e. The Bertz CT molecular complexity index is 944. The highest BCUT2D eigenvalue weighted by Crippen LogP contribution is 2.26. The Kier molecular flexibility index (Phi) is 4.97. The zero-order valence-corrected chi connectivity index (χ0v) is 16.3. The normalized spacial score (nSPS) is 13.6. The maximum atomic E-state index is 5.92. The molecule has 26 heavy (non-hydrogen) atoms. The van der Waals surface area contributed by atoms with Gasteiger partial charge >= 0.3 is 0 Å². The fraction of sp³-hybridized carbons (Fsp3) is 0.200. The molecule has 2 atom stereocenters. The highest BCUT2D eigenvalue weighted by atomic mass is 32.1. The first-order valence-electron chi connectivity index (χ1n) is 8.53. The summed E-state index contributed by atoms with van der Waals surface area (Å²) in [6.07, 6.45) is 0. The third-order valence-corrected chi connectivity index (χ3v) is 6.14. The number of nitrogens with zero attached hydrogens (tertiary/aromatic N) is 2. The fourth-order valence-corrected chi connectivity index (χ4v) is 4.38. The maximum absolute atomic E-state index is 5.92.